The number of aliphatic hydroxyl groups is 1. The molecule has 5 heteroatoms. The average Bonchev–Trinajstić information content (AvgIpc) is 2.96. The maximum atomic E-state index is 10.8. The quantitative estimate of drug-likeness (QED) is 0.763. The summed E-state index contributed by atoms with van der Waals surface area (Å²) >= 11 is 0. The minimum Gasteiger partial charge on any atom is -0.475 e. The Kier molecular flexibility index (Phi) is 2.96. The van der Waals surface area contributed by atoms with Crippen LogP contribution < -0.4 is 0 Å². The lowest BCUT2D eigenvalue weighted by molar-refractivity contribution is 0.0654. The van der Waals surface area contributed by atoms with Crippen LogP contribution in [0.3, 0.4) is 0 Å². The third-order valence-electron chi connectivity index (χ3n) is 3.07. The zero-order chi connectivity index (χ0) is 14.1. The van der Waals surface area contributed by atoms with Crippen LogP contribution in [0.4, 0.5) is 0 Å². The Morgan fingerprint density at radius 2 is 1.95 bits per heavy atom. The zero-order valence-corrected chi connectivity index (χ0v) is 10.4. The van der Waals surface area contributed by atoms with Crippen LogP contribution in [0.5, 0.6) is 0 Å². The molecule has 0 fully saturated rings. The summed E-state index contributed by atoms with van der Waals surface area (Å²) in [6.07, 6.45) is 0.497. The molecule has 1 aromatic carbocycles. The molecule has 5 nitrogen and oxygen atoms in total. The predicted molar refractivity (Wildman–Crippen MR) is 71.5 cm³/mol. The Hall–Kier alpha value is -2.66. The molecule has 0 aliphatic heterocycles. The normalized spacial score (nSPS) is 12.4. The molecular formula is C15H11NO4. The lowest BCUT2D eigenvalue weighted by Crippen LogP contribution is -2.02. The van der Waals surface area contributed by atoms with E-state index >= 15 is 0 Å². The molecule has 2 heterocycles. The Bertz CT molecular complexity index is 773. The van der Waals surface area contributed by atoms with Crippen LogP contribution in [-0.2, 0) is 0 Å². The lowest BCUT2D eigenvalue weighted by Gasteiger charge is -2.10. The highest BCUT2D eigenvalue weighted by atomic mass is 16.4. The van der Waals surface area contributed by atoms with Gasteiger partial charge in [-0.2, -0.15) is 0 Å². The van der Waals surface area contributed by atoms with Crippen molar-refractivity contribution in [3.63, 3.8) is 0 Å². The summed E-state index contributed by atoms with van der Waals surface area (Å²) < 4.78 is 5.12. The maximum Gasteiger partial charge on any atom is 0.371 e. The van der Waals surface area contributed by atoms with Gasteiger partial charge in [0.15, 0.2) is 6.10 Å². The van der Waals surface area contributed by atoms with E-state index in [4.69, 9.17) is 9.52 Å². The van der Waals surface area contributed by atoms with Gasteiger partial charge in [-0.15, -0.1) is 0 Å². The number of aliphatic hydroxyl groups excluding tert-OH is 1. The van der Waals surface area contributed by atoms with Crippen LogP contribution in [0.1, 0.15) is 28.1 Å². The minimum atomic E-state index is -1.17. The predicted octanol–water partition coefficient (Wildman–Crippen LogP) is 2.61. The molecular weight excluding hydrogens is 258 g/mol. The number of fused-ring (bicyclic) bond motifs is 1. The molecule has 2 N–H and O–H groups in total. The van der Waals surface area contributed by atoms with Crippen LogP contribution in [0, 0.1) is 0 Å². The van der Waals surface area contributed by atoms with E-state index in [0.717, 1.165) is 10.8 Å². The highest BCUT2D eigenvalue weighted by molar-refractivity contribution is 5.85. The molecule has 0 amide bonds. The average molecular weight is 269 g/mol. The first-order valence-corrected chi connectivity index (χ1v) is 6.01. The molecule has 1 atom stereocenters. The topological polar surface area (TPSA) is 83.6 Å². The molecule has 0 bridgehead atoms. The number of hydrogen-bond acceptors (Lipinski definition) is 4. The van der Waals surface area contributed by atoms with Crippen LogP contribution in [-0.4, -0.2) is 21.2 Å². The van der Waals surface area contributed by atoms with Crippen molar-refractivity contribution in [2.45, 2.75) is 6.10 Å². The molecule has 3 aromatic rings. The fraction of sp³-hybridized carbons (Fsp3) is 0.0667. The number of aromatic nitrogens is 1. The molecule has 0 saturated carbocycles. The number of carbonyl (C=O) groups is 1. The maximum absolute atomic E-state index is 10.8. The molecule has 0 aliphatic carbocycles. The van der Waals surface area contributed by atoms with Gasteiger partial charge in [-0.05, 0) is 23.6 Å². The molecule has 3 rings (SSSR count). The Labute approximate surface area is 114 Å². The number of pyridine rings is 1. The summed E-state index contributed by atoms with van der Waals surface area (Å²) in [4.78, 5) is 15.0. The number of hydrogen-bond donors (Lipinski definition) is 2. The van der Waals surface area contributed by atoms with E-state index in [2.05, 4.69) is 4.98 Å². The Morgan fingerprint density at radius 1 is 1.15 bits per heavy atom. The molecule has 1 unspecified atom stereocenters. The van der Waals surface area contributed by atoms with Gasteiger partial charge in [0.1, 0.15) is 5.76 Å². The van der Waals surface area contributed by atoms with Crippen molar-refractivity contribution in [3.05, 3.63) is 65.9 Å². The van der Waals surface area contributed by atoms with Gasteiger partial charge in [0.2, 0.25) is 5.76 Å². The molecule has 0 saturated heterocycles. The second kappa shape index (κ2) is 4.79. The number of carboxylic acids is 1. The van der Waals surface area contributed by atoms with Crippen LogP contribution >= 0.6 is 0 Å². The Balaban J connectivity index is 2.07. The molecule has 0 aliphatic rings. The highest BCUT2D eigenvalue weighted by Crippen LogP contribution is 2.28. The molecule has 0 radical (unpaired) electrons. The summed E-state index contributed by atoms with van der Waals surface area (Å²) in [5, 5.41) is 20.9. The number of aromatic carboxylic acids is 1. The van der Waals surface area contributed by atoms with Crippen LogP contribution in [0.25, 0.3) is 10.8 Å². The summed E-state index contributed by atoms with van der Waals surface area (Å²) in [6, 6.07) is 12.1. The highest BCUT2D eigenvalue weighted by Gasteiger charge is 2.20. The van der Waals surface area contributed by atoms with Gasteiger partial charge in [0, 0.05) is 11.6 Å². The number of furan rings is 1. The number of nitrogens with zero attached hydrogens (tertiary/aromatic N) is 1. The third-order valence-corrected chi connectivity index (χ3v) is 3.07. The SMILES string of the molecule is O=C(O)c1ccc(C(O)c2nccc3ccccc23)o1. The smallest absolute Gasteiger partial charge is 0.371 e. The van der Waals surface area contributed by atoms with Crippen molar-refractivity contribution in [1.29, 1.82) is 0 Å². The van der Waals surface area contributed by atoms with E-state index in [1.54, 1.807) is 6.20 Å². The van der Waals surface area contributed by atoms with Gasteiger partial charge in [0.25, 0.3) is 0 Å². The fourth-order valence-corrected chi connectivity index (χ4v) is 2.11. The number of rotatable bonds is 3. The van der Waals surface area contributed by atoms with E-state index in [1.165, 1.54) is 12.1 Å². The lowest BCUT2D eigenvalue weighted by atomic mass is 10.1. The van der Waals surface area contributed by atoms with Crippen LogP contribution in [0.15, 0.2) is 53.1 Å². The van der Waals surface area contributed by atoms with Crippen LogP contribution in [0.2, 0.25) is 0 Å². The van der Waals surface area contributed by atoms with Crippen molar-refractivity contribution in [1.82, 2.24) is 4.98 Å². The largest absolute Gasteiger partial charge is 0.475 e. The monoisotopic (exact) mass is 269 g/mol. The van der Waals surface area contributed by atoms with Gasteiger partial charge in [-0.1, -0.05) is 24.3 Å². The van der Waals surface area contributed by atoms with Gasteiger partial charge in [0.05, 0.1) is 5.69 Å². The van der Waals surface area contributed by atoms with E-state index < -0.39 is 12.1 Å². The van der Waals surface area contributed by atoms with E-state index in [0.29, 0.717) is 5.69 Å². The summed E-state index contributed by atoms with van der Waals surface area (Å²) in [7, 11) is 0. The second-order valence-electron chi connectivity index (χ2n) is 4.33. The van der Waals surface area contributed by atoms with Crippen molar-refractivity contribution in [3.8, 4) is 0 Å². The van der Waals surface area contributed by atoms with E-state index in [1.807, 2.05) is 30.3 Å². The van der Waals surface area contributed by atoms with Crippen molar-refractivity contribution in [2.75, 3.05) is 0 Å². The number of carboxylic acid groups (broad SMARTS) is 1. The first kappa shape index (κ1) is 12.4. The first-order chi connectivity index (χ1) is 9.66. The third kappa shape index (κ3) is 2.04. The fourth-order valence-electron chi connectivity index (χ4n) is 2.11. The summed E-state index contributed by atoms with van der Waals surface area (Å²) in [6.45, 7) is 0. The van der Waals surface area contributed by atoms with Crippen molar-refractivity contribution < 1.29 is 19.4 Å². The number of benzene rings is 1. The van der Waals surface area contributed by atoms with Gasteiger partial charge in [-0.3, -0.25) is 4.98 Å². The standard InChI is InChI=1S/C15H11NO4/c17-14(11-5-6-12(20-11)15(18)19)13-10-4-2-1-3-9(10)7-8-16-13/h1-8,14,17H,(H,18,19). The minimum absolute atomic E-state index is 0.159. The van der Waals surface area contributed by atoms with Crippen molar-refractivity contribution in [2.24, 2.45) is 0 Å². The zero-order valence-electron chi connectivity index (χ0n) is 10.4. The molecule has 100 valence electrons. The van der Waals surface area contributed by atoms with E-state index in [9.17, 15) is 9.90 Å². The molecule has 2 aromatic heterocycles. The summed E-state index contributed by atoms with van der Waals surface area (Å²) in [5.74, 6) is -1.22. The van der Waals surface area contributed by atoms with Gasteiger partial charge >= 0.3 is 5.97 Å². The van der Waals surface area contributed by atoms with E-state index in [-0.39, 0.29) is 11.5 Å². The second-order valence-corrected chi connectivity index (χ2v) is 4.33. The first-order valence-electron chi connectivity index (χ1n) is 6.01. The molecule has 0 spiro atoms. The Morgan fingerprint density at radius 3 is 2.70 bits per heavy atom. The van der Waals surface area contributed by atoms with Crippen molar-refractivity contribution >= 4 is 16.7 Å². The molecule has 20 heavy (non-hydrogen) atoms. The van der Waals surface area contributed by atoms with Gasteiger partial charge in [-0.25, -0.2) is 4.79 Å². The summed E-state index contributed by atoms with van der Waals surface area (Å²) in [5.41, 5.74) is 0.439. The van der Waals surface area contributed by atoms with Gasteiger partial charge < -0.3 is 14.6 Å².